The summed E-state index contributed by atoms with van der Waals surface area (Å²) in [5.74, 6) is -0.311. The van der Waals surface area contributed by atoms with E-state index in [-0.39, 0.29) is 36.0 Å². The number of aromatic nitrogens is 2. The van der Waals surface area contributed by atoms with Crippen LogP contribution >= 0.6 is 0 Å². The topological polar surface area (TPSA) is 97.1 Å². The van der Waals surface area contributed by atoms with Crippen LogP contribution in [0.5, 0.6) is 0 Å². The molecule has 7 nitrogen and oxygen atoms in total. The Labute approximate surface area is 167 Å². The van der Waals surface area contributed by atoms with E-state index in [4.69, 9.17) is 4.52 Å². The number of nitrogens with zero attached hydrogens (tertiary/aromatic N) is 2. The molecular formula is C21H21FN4O3. The maximum Gasteiger partial charge on any atom is 0.251 e. The van der Waals surface area contributed by atoms with Crippen molar-refractivity contribution >= 4 is 11.8 Å². The molecule has 0 bridgehead atoms. The van der Waals surface area contributed by atoms with Gasteiger partial charge in [-0.2, -0.15) is 4.98 Å². The van der Waals surface area contributed by atoms with E-state index >= 15 is 0 Å². The summed E-state index contributed by atoms with van der Waals surface area (Å²) in [4.78, 5) is 28.7. The second-order valence-electron chi connectivity index (χ2n) is 6.70. The Morgan fingerprint density at radius 3 is 2.41 bits per heavy atom. The van der Waals surface area contributed by atoms with Crippen LogP contribution < -0.4 is 10.6 Å². The van der Waals surface area contributed by atoms with E-state index in [2.05, 4.69) is 20.8 Å². The molecule has 0 saturated carbocycles. The van der Waals surface area contributed by atoms with Crippen molar-refractivity contribution in [2.45, 2.75) is 32.4 Å². The van der Waals surface area contributed by atoms with Crippen molar-refractivity contribution in [1.82, 2.24) is 20.8 Å². The molecule has 0 saturated heterocycles. The summed E-state index contributed by atoms with van der Waals surface area (Å²) in [6, 6.07) is 13.6. The van der Waals surface area contributed by atoms with Gasteiger partial charge in [-0.3, -0.25) is 9.59 Å². The highest BCUT2D eigenvalue weighted by Gasteiger charge is 2.19. The molecule has 8 heteroatoms. The fourth-order valence-electron chi connectivity index (χ4n) is 2.72. The molecule has 0 aliphatic carbocycles. The van der Waals surface area contributed by atoms with Gasteiger partial charge in [0.1, 0.15) is 11.9 Å². The Balaban J connectivity index is 1.52. The van der Waals surface area contributed by atoms with Crippen molar-refractivity contribution in [2.75, 3.05) is 0 Å². The van der Waals surface area contributed by atoms with Crippen molar-refractivity contribution in [3.63, 3.8) is 0 Å². The minimum Gasteiger partial charge on any atom is -0.349 e. The molecule has 0 aliphatic rings. The van der Waals surface area contributed by atoms with Crippen molar-refractivity contribution in [2.24, 2.45) is 0 Å². The number of hydrogen-bond donors (Lipinski definition) is 2. The van der Waals surface area contributed by atoms with Crippen molar-refractivity contribution in [1.29, 1.82) is 0 Å². The number of carbonyl (C=O) groups excluding carboxylic acids is 2. The standard InChI is InChI=1S/C21H21FN4O3/c1-13(23-20(28)16-6-4-3-5-7-16)12-18(27)24-14(2)21-25-19(26-29-21)15-8-10-17(22)11-9-15/h3-11,13-14H,12H2,1-2H3,(H,23,28)(H,24,27). The zero-order valence-electron chi connectivity index (χ0n) is 16.1. The Bertz CT molecular complexity index is 973. The highest BCUT2D eigenvalue weighted by molar-refractivity contribution is 5.94. The Morgan fingerprint density at radius 2 is 1.72 bits per heavy atom. The Morgan fingerprint density at radius 1 is 1.03 bits per heavy atom. The highest BCUT2D eigenvalue weighted by Crippen LogP contribution is 2.19. The smallest absolute Gasteiger partial charge is 0.251 e. The van der Waals surface area contributed by atoms with Gasteiger partial charge in [0.05, 0.1) is 0 Å². The first-order chi connectivity index (χ1) is 13.9. The average Bonchev–Trinajstić information content (AvgIpc) is 3.19. The van der Waals surface area contributed by atoms with Crippen LogP contribution in [0.1, 0.15) is 42.6 Å². The SMILES string of the molecule is CC(CC(=O)NC(C)c1nc(-c2ccc(F)cc2)no1)NC(=O)c1ccccc1. The normalized spacial score (nSPS) is 12.8. The van der Waals surface area contributed by atoms with Gasteiger partial charge in [0.25, 0.3) is 5.91 Å². The number of nitrogens with one attached hydrogen (secondary N) is 2. The van der Waals surface area contributed by atoms with Crippen LogP contribution in [0.2, 0.25) is 0 Å². The van der Waals surface area contributed by atoms with E-state index in [1.165, 1.54) is 12.1 Å². The number of halogens is 1. The fourth-order valence-corrected chi connectivity index (χ4v) is 2.72. The molecule has 1 aromatic heterocycles. The summed E-state index contributed by atoms with van der Waals surface area (Å²) in [6.07, 6.45) is 0.0991. The molecule has 2 N–H and O–H groups in total. The summed E-state index contributed by atoms with van der Waals surface area (Å²) in [5, 5.41) is 9.42. The van der Waals surface area contributed by atoms with E-state index in [1.54, 1.807) is 50.2 Å². The predicted octanol–water partition coefficient (Wildman–Crippen LogP) is 3.26. The first kappa shape index (κ1) is 20.2. The van der Waals surface area contributed by atoms with Crippen LogP contribution in [-0.4, -0.2) is 28.0 Å². The van der Waals surface area contributed by atoms with Crippen LogP contribution in [0.3, 0.4) is 0 Å². The van der Waals surface area contributed by atoms with Gasteiger partial charge in [0.2, 0.25) is 17.6 Å². The molecule has 1 heterocycles. The number of amides is 2. The monoisotopic (exact) mass is 396 g/mol. The van der Waals surface area contributed by atoms with Crippen LogP contribution in [0, 0.1) is 5.82 Å². The molecule has 2 atom stereocenters. The van der Waals surface area contributed by atoms with Crippen molar-refractivity contribution < 1.29 is 18.5 Å². The van der Waals surface area contributed by atoms with Gasteiger partial charge >= 0.3 is 0 Å². The largest absolute Gasteiger partial charge is 0.349 e. The Hall–Kier alpha value is -3.55. The highest BCUT2D eigenvalue weighted by atomic mass is 19.1. The minimum absolute atomic E-state index is 0.0991. The lowest BCUT2D eigenvalue weighted by molar-refractivity contribution is -0.122. The maximum absolute atomic E-state index is 13.0. The number of hydrogen-bond acceptors (Lipinski definition) is 5. The van der Waals surface area contributed by atoms with Crippen LogP contribution in [0.25, 0.3) is 11.4 Å². The molecule has 2 amide bonds. The first-order valence-corrected chi connectivity index (χ1v) is 9.17. The van der Waals surface area contributed by atoms with E-state index in [0.29, 0.717) is 17.0 Å². The number of rotatable bonds is 7. The second kappa shape index (κ2) is 9.09. The number of carbonyl (C=O) groups is 2. The summed E-state index contributed by atoms with van der Waals surface area (Å²) in [7, 11) is 0. The zero-order valence-corrected chi connectivity index (χ0v) is 16.1. The quantitative estimate of drug-likeness (QED) is 0.639. The molecular weight excluding hydrogens is 375 g/mol. The summed E-state index contributed by atoms with van der Waals surface area (Å²) < 4.78 is 18.2. The molecule has 0 aliphatic heterocycles. The molecule has 2 unspecified atom stereocenters. The van der Waals surface area contributed by atoms with Gasteiger partial charge in [-0.1, -0.05) is 23.4 Å². The lowest BCUT2D eigenvalue weighted by Gasteiger charge is -2.15. The third-order valence-electron chi connectivity index (χ3n) is 4.20. The molecule has 0 fully saturated rings. The minimum atomic E-state index is -0.513. The van der Waals surface area contributed by atoms with Crippen molar-refractivity contribution in [3.05, 3.63) is 71.9 Å². The molecule has 150 valence electrons. The van der Waals surface area contributed by atoms with Crippen LogP contribution in [-0.2, 0) is 4.79 Å². The van der Waals surface area contributed by atoms with Gasteiger partial charge < -0.3 is 15.2 Å². The molecule has 0 radical (unpaired) electrons. The average molecular weight is 396 g/mol. The summed E-state index contributed by atoms with van der Waals surface area (Å²) in [6.45, 7) is 3.47. The molecule has 29 heavy (non-hydrogen) atoms. The summed E-state index contributed by atoms with van der Waals surface area (Å²) in [5.41, 5.74) is 1.14. The summed E-state index contributed by atoms with van der Waals surface area (Å²) >= 11 is 0. The molecule has 3 rings (SSSR count). The van der Waals surface area contributed by atoms with Crippen LogP contribution in [0.4, 0.5) is 4.39 Å². The first-order valence-electron chi connectivity index (χ1n) is 9.17. The van der Waals surface area contributed by atoms with Gasteiger partial charge in [-0.25, -0.2) is 4.39 Å². The van der Waals surface area contributed by atoms with Gasteiger partial charge in [0.15, 0.2) is 0 Å². The fraction of sp³-hybridized carbons (Fsp3) is 0.238. The van der Waals surface area contributed by atoms with E-state index < -0.39 is 6.04 Å². The van der Waals surface area contributed by atoms with E-state index in [9.17, 15) is 14.0 Å². The van der Waals surface area contributed by atoms with E-state index in [1.807, 2.05) is 6.07 Å². The van der Waals surface area contributed by atoms with Crippen molar-refractivity contribution in [3.8, 4) is 11.4 Å². The Kier molecular flexibility index (Phi) is 6.33. The molecule has 3 aromatic rings. The third kappa shape index (κ3) is 5.47. The predicted molar refractivity (Wildman–Crippen MR) is 104 cm³/mol. The van der Waals surface area contributed by atoms with E-state index in [0.717, 1.165) is 0 Å². The molecule has 0 spiro atoms. The lowest BCUT2D eigenvalue weighted by Crippen LogP contribution is -2.38. The zero-order chi connectivity index (χ0) is 20.8. The lowest BCUT2D eigenvalue weighted by atomic mass is 10.1. The molecule has 2 aromatic carbocycles. The second-order valence-corrected chi connectivity index (χ2v) is 6.70. The number of benzene rings is 2. The van der Waals surface area contributed by atoms with Gasteiger partial charge in [0, 0.05) is 23.6 Å². The van der Waals surface area contributed by atoms with Crippen LogP contribution in [0.15, 0.2) is 59.1 Å². The van der Waals surface area contributed by atoms with Gasteiger partial charge in [-0.15, -0.1) is 0 Å². The third-order valence-corrected chi connectivity index (χ3v) is 4.20. The maximum atomic E-state index is 13.0. The van der Waals surface area contributed by atoms with Gasteiger partial charge in [-0.05, 0) is 50.2 Å².